The lowest BCUT2D eigenvalue weighted by Gasteiger charge is -1.97. The molecule has 0 unspecified atom stereocenters. The number of aryl methyl sites for hydroxylation is 2. The molecule has 98 valence electrons. The Kier molecular flexibility index (Phi) is 3.41. The van der Waals surface area contributed by atoms with Crippen molar-refractivity contribution in [3.63, 3.8) is 0 Å². The molecule has 0 spiro atoms. The highest BCUT2D eigenvalue weighted by atomic mass is 16.6. The van der Waals surface area contributed by atoms with Crippen molar-refractivity contribution in [1.82, 2.24) is 9.78 Å². The summed E-state index contributed by atoms with van der Waals surface area (Å²) in [4.78, 5) is 14.8. The predicted molar refractivity (Wildman–Crippen MR) is 73.0 cm³/mol. The number of benzene rings is 1. The number of nitro benzene ring substituents is 1. The Hall–Kier alpha value is -2.50. The maximum absolute atomic E-state index is 10.9. The molecule has 0 N–H and O–H groups in total. The zero-order chi connectivity index (χ0) is 14.0. The van der Waals surface area contributed by atoms with Gasteiger partial charge >= 0.3 is 0 Å². The van der Waals surface area contributed by atoms with E-state index in [1.165, 1.54) is 12.3 Å². The third-order valence-corrected chi connectivity index (χ3v) is 2.94. The number of rotatable bonds is 3. The normalized spacial score (nSPS) is 11.1. The number of hydrogen-bond acceptors (Lipinski definition) is 4. The highest BCUT2D eigenvalue weighted by molar-refractivity contribution is 5.87. The van der Waals surface area contributed by atoms with Crippen molar-refractivity contribution < 1.29 is 4.92 Å². The van der Waals surface area contributed by atoms with E-state index in [9.17, 15) is 10.1 Å². The lowest BCUT2D eigenvalue weighted by Crippen LogP contribution is -1.94. The molecule has 0 amide bonds. The van der Waals surface area contributed by atoms with Gasteiger partial charge in [-0.1, -0.05) is 12.1 Å². The van der Waals surface area contributed by atoms with Gasteiger partial charge in [0.05, 0.1) is 21.9 Å². The molecule has 6 heteroatoms. The smallest absolute Gasteiger partial charge is 0.270 e. The van der Waals surface area contributed by atoms with E-state index < -0.39 is 4.92 Å². The van der Waals surface area contributed by atoms with Crippen LogP contribution >= 0.6 is 0 Å². The van der Waals surface area contributed by atoms with Crippen LogP contribution in [0.5, 0.6) is 0 Å². The summed E-state index contributed by atoms with van der Waals surface area (Å²) in [6.45, 7) is 3.77. The molecule has 0 radical (unpaired) electrons. The lowest BCUT2D eigenvalue weighted by atomic mass is 10.2. The van der Waals surface area contributed by atoms with Crippen molar-refractivity contribution in [2.75, 3.05) is 0 Å². The molecule has 0 saturated heterocycles. The fraction of sp³-hybridized carbons (Fsp3) is 0.231. The van der Waals surface area contributed by atoms with Gasteiger partial charge in [-0.25, -0.2) is 0 Å². The van der Waals surface area contributed by atoms with Crippen LogP contribution in [0.4, 0.5) is 11.4 Å². The molecule has 0 bridgehead atoms. The average molecular weight is 258 g/mol. The fourth-order valence-corrected chi connectivity index (χ4v) is 1.85. The molecule has 0 aliphatic rings. The van der Waals surface area contributed by atoms with Crippen molar-refractivity contribution >= 4 is 17.6 Å². The largest absolute Gasteiger partial charge is 0.278 e. The predicted octanol–water partition coefficient (Wildman–Crippen LogP) is 2.70. The second-order valence-electron chi connectivity index (χ2n) is 4.22. The molecular formula is C13H14N4O2. The van der Waals surface area contributed by atoms with Crippen LogP contribution in [0.2, 0.25) is 0 Å². The van der Waals surface area contributed by atoms with Crippen molar-refractivity contribution in [3.05, 3.63) is 51.3 Å². The number of para-hydroxylation sites is 1. The van der Waals surface area contributed by atoms with Gasteiger partial charge in [-0.05, 0) is 19.9 Å². The molecule has 0 saturated carbocycles. The van der Waals surface area contributed by atoms with Crippen LogP contribution < -0.4 is 0 Å². The minimum atomic E-state index is -0.412. The number of nitrogens with zero attached hydrogens (tertiary/aromatic N) is 4. The van der Waals surface area contributed by atoms with E-state index in [4.69, 9.17) is 0 Å². The van der Waals surface area contributed by atoms with Crippen LogP contribution in [0.1, 0.15) is 17.0 Å². The summed E-state index contributed by atoms with van der Waals surface area (Å²) in [5, 5.41) is 15.1. The van der Waals surface area contributed by atoms with E-state index in [2.05, 4.69) is 10.1 Å². The molecule has 0 aliphatic heterocycles. The van der Waals surface area contributed by atoms with Crippen LogP contribution in [0.3, 0.4) is 0 Å². The van der Waals surface area contributed by atoms with Crippen LogP contribution in [-0.2, 0) is 7.05 Å². The average Bonchev–Trinajstić information content (AvgIpc) is 2.61. The summed E-state index contributed by atoms with van der Waals surface area (Å²) >= 11 is 0. The minimum absolute atomic E-state index is 0.0467. The van der Waals surface area contributed by atoms with Gasteiger partial charge in [-0.3, -0.25) is 19.8 Å². The first-order valence-corrected chi connectivity index (χ1v) is 5.78. The van der Waals surface area contributed by atoms with Crippen molar-refractivity contribution in [2.45, 2.75) is 13.8 Å². The standard InChI is InChI=1S/C13H14N4O2/c1-9-13(10(2)16(3)15-9)14-8-11-6-4-5-7-12(11)17(18)19/h4-8H,1-3H3. The van der Waals surface area contributed by atoms with E-state index in [0.717, 1.165) is 17.1 Å². The van der Waals surface area contributed by atoms with Gasteiger partial charge in [0, 0.05) is 19.3 Å². The molecule has 0 aliphatic carbocycles. The quantitative estimate of drug-likeness (QED) is 0.482. The zero-order valence-corrected chi connectivity index (χ0v) is 11.0. The third kappa shape index (κ3) is 2.52. The number of nitro groups is 1. The summed E-state index contributed by atoms with van der Waals surface area (Å²) in [6, 6.07) is 6.51. The van der Waals surface area contributed by atoms with Gasteiger partial charge in [0.25, 0.3) is 5.69 Å². The Labute approximate surface area is 110 Å². The molecule has 0 atom stereocenters. The molecule has 2 aromatic rings. The summed E-state index contributed by atoms with van der Waals surface area (Å²) < 4.78 is 1.74. The first kappa shape index (κ1) is 12.9. The fourth-order valence-electron chi connectivity index (χ4n) is 1.85. The van der Waals surface area contributed by atoms with Crippen molar-refractivity contribution in [1.29, 1.82) is 0 Å². The topological polar surface area (TPSA) is 73.3 Å². The maximum Gasteiger partial charge on any atom is 0.278 e. The van der Waals surface area contributed by atoms with Gasteiger partial charge in [-0.2, -0.15) is 5.10 Å². The summed E-state index contributed by atoms with van der Waals surface area (Å²) in [5.74, 6) is 0. The second kappa shape index (κ2) is 5.01. The van der Waals surface area contributed by atoms with Gasteiger partial charge < -0.3 is 0 Å². The summed E-state index contributed by atoms with van der Waals surface area (Å²) in [7, 11) is 1.84. The van der Waals surface area contributed by atoms with E-state index >= 15 is 0 Å². The highest BCUT2D eigenvalue weighted by Gasteiger charge is 2.11. The van der Waals surface area contributed by atoms with Crippen LogP contribution in [-0.4, -0.2) is 20.9 Å². The Bertz CT molecular complexity index is 659. The molecule has 1 aromatic carbocycles. The Morgan fingerprint density at radius 3 is 2.63 bits per heavy atom. The summed E-state index contributed by atoms with van der Waals surface area (Å²) in [6.07, 6.45) is 1.51. The van der Waals surface area contributed by atoms with E-state index in [1.54, 1.807) is 22.9 Å². The van der Waals surface area contributed by atoms with E-state index in [0.29, 0.717) is 5.56 Å². The SMILES string of the molecule is Cc1nn(C)c(C)c1N=Cc1ccccc1[N+](=O)[O-]. The van der Waals surface area contributed by atoms with Crippen molar-refractivity contribution in [3.8, 4) is 0 Å². The van der Waals surface area contributed by atoms with Gasteiger partial charge in [0.15, 0.2) is 0 Å². The van der Waals surface area contributed by atoms with Crippen LogP contribution in [0, 0.1) is 24.0 Å². The minimum Gasteiger partial charge on any atom is -0.270 e. The molecule has 19 heavy (non-hydrogen) atoms. The zero-order valence-electron chi connectivity index (χ0n) is 11.0. The van der Waals surface area contributed by atoms with E-state index in [1.807, 2.05) is 20.9 Å². The number of aromatic nitrogens is 2. The van der Waals surface area contributed by atoms with Gasteiger partial charge in [-0.15, -0.1) is 0 Å². The van der Waals surface area contributed by atoms with Crippen LogP contribution in [0.25, 0.3) is 0 Å². The Balaban J connectivity index is 2.41. The summed E-state index contributed by atoms with van der Waals surface area (Å²) in [5.41, 5.74) is 3.00. The Morgan fingerprint density at radius 2 is 2.05 bits per heavy atom. The van der Waals surface area contributed by atoms with Gasteiger partial charge in [0.1, 0.15) is 5.69 Å². The number of aliphatic imine (C=N–C) groups is 1. The van der Waals surface area contributed by atoms with Crippen LogP contribution in [0.15, 0.2) is 29.3 Å². The molecular weight excluding hydrogens is 244 g/mol. The third-order valence-electron chi connectivity index (χ3n) is 2.94. The number of hydrogen-bond donors (Lipinski definition) is 0. The molecule has 6 nitrogen and oxygen atoms in total. The van der Waals surface area contributed by atoms with Crippen molar-refractivity contribution in [2.24, 2.45) is 12.0 Å². The Morgan fingerprint density at radius 1 is 1.37 bits per heavy atom. The first-order valence-electron chi connectivity index (χ1n) is 5.78. The molecule has 1 heterocycles. The molecule has 1 aromatic heterocycles. The first-order chi connectivity index (χ1) is 9.00. The monoisotopic (exact) mass is 258 g/mol. The second-order valence-corrected chi connectivity index (χ2v) is 4.22. The van der Waals surface area contributed by atoms with E-state index in [-0.39, 0.29) is 5.69 Å². The highest BCUT2D eigenvalue weighted by Crippen LogP contribution is 2.23. The molecule has 2 rings (SSSR count). The maximum atomic E-state index is 10.9. The lowest BCUT2D eigenvalue weighted by molar-refractivity contribution is -0.385. The molecule has 0 fully saturated rings. The van der Waals surface area contributed by atoms with Gasteiger partial charge in [0.2, 0.25) is 0 Å².